The molecule has 18 heavy (non-hydrogen) atoms. The van der Waals surface area contributed by atoms with Gasteiger partial charge in [0.2, 0.25) is 0 Å². The SMILES string of the molecule is O=C(O)CCNc1cc(Nc2cc[nH]c2)ncn1. The molecule has 2 rings (SSSR count). The minimum absolute atomic E-state index is 0.0462. The van der Waals surface area contributed by atoms with E-state index < -0.39 is 5.97 Å². The molecule has 0 bridgehead atoms. The predicted molar refractivity (Wildman–Crippen MR) is 66.8 cm³/mol. The van der Waals surface area contributed by atoms with Crippen LogP contribution in [0.4, 0.5) is 17.3 Å². The van der Waals surface area contributed by atoms with Gasteiger partial charge in [-0.1, -0.05) is 0 Å². The highest BCUT2D eigenvalue weighted by atomic mass is 16.4. The smallest absolute Gasteiger partial charge is 0.305 e. The van der Waals surface area contributed by atoms with Crippen molar-refractivity contribution in [2.45, 2.75) is 6.42 Å². The van der Waals surface area contributed by atoms with E-state index >= 15 is 0 Å². The van der Waals surface area contributed by atoms with E-state index in [1.807, 2.05) is 6.07 Å². The van der Waals surface area contributed by atoms with E-state index in [4.69, 9.17) is 5.11 Å². The lowest BCUT2D eigenvalue weighted by Gasteiger charge is -2.06. The molecule has 0 atom stereocenters. The van der Waals surface area contributed by atoms with Crippen LogP contribution >= 0.6 is 0 Å². The zero-order valence-electron chi connectivity index (χ0n) is 9.55. The molecule has 0 unspecified atom stereocenters. The molecular formula is C11H13N5O2. The molecule has 0 aliphatic rings. The van der Waals surface area contributed by atoms with Crippen LogP contribution in [0.25, 0.3) is 0 Å². The average molecular weight is 247 g/mol. The van der Waals surface area contributed by atoms with Crippen LogP contribution in [0.5, 0.6) is 0 Å². The summed E-state index contributed by atoms with van der Waals surface area (Å²) >= 11 is 0. The van der Waals surface area contributed by atoms with Gasteiger partial charge in [-0.25, -0.2) is 9.97 Å². The Labute approximate surface area is 103 Å². The fourth-order valence-corrected chi connectivity index (χ4v) is 1.37. The number of nitrogens with zero attached hydrogens (tertiary/aromatic N) is 2. The third-order valence-electron chi connectivity index (χ3n) is 2.18. The molecule has 0 spiro atoms. The molecule has 94 valence electrons. The Balaban J connectivity index is 1.94. The van der Waals surface area contributed by atoms with E-state index in [2.05, 4.69) is 25.6 Å². The maximum Gasteiger partial charge on any atom is 0.305 e. The van der Waals surface area contributed by atoms with Crippen molar-refractivity contribution in [3.05, 3.63) is 30.9 Å². The fourth-order valence-electron chi connectivity index (χ4n) is 1.37. The number of rotatable bonds is 6. The van der Waals surface area contributed by atoms with Crippen molar-refractivity contribution >= 4 is 23.3 Å². The van der Waals surface area contributed by atoms with E-state index in [1.54, 1.807) is 18.5 Å². The Kier molecular flexibility index (Phi) is 3.75. The van der Waals surface area contributed by atoms with E-state index in [1.165, 1.54) is 6.33 Å². The van der Waals surface area contributed by atoms with Gasteiger partial charge in [-0.15, -0.1) is 0 Å². The second-order valence-electron chi connectivity index (χ2n) is 3.58. The van der Waals surface area contributed by atoms with E-state index in [-0.39, 0.29) is 6.42 Å². The summed E-state index contributed by atoms with van der Waals surface area (Å²) in [6.07, 6.45) is 5.07. The Bertz CT molecular complexity index is 512. The van der Waals surface area contributed by atoms with Crippen molar-refractivity contribution in [1.29, 1.82) is 0 Å². The first-order valence-corrected chi connectivity index (χ1v) is 5.41. The molecule has 7 heteroatoms. The zero-order valence-corrected chi connectivity index (χ0v) is 9.55. The standard InChI is InChI=1S/C11H13N5O2/c17-11(18)2-4-13-9-5-10(15-7-14-9)16-8-1-3-12-6-8/h1,3,5-7,12H,2,4H2,(H,17,18)(H2,13,14,15,16). The summed E-state index contributed by atoms with van der Waals surface area (Å²) in [5.41, 5.74) is 0.894. The van der Waals surface area contributed by atoms with Gasteiger partial charge in [0.15, 0.2) is 0 Å². The maximum atomic E-state index is 10.4. The summed E-state index contributed by atoms with van der Waals surface area (Å²) in [7, 11) is 0. The van der Waals surface area contributed by atoms with Gasteiger partial charge < -0.3 is 20.7 Å². The van der Waals surface area contributed by atoms with Gasteiger partial charge in [0, 0.05) is 25.0 Å². The number of H-pyrrole nitrogens is 1. The number of nitrogens with one attached hydrogen (secondary N) is 3. The minimum atomic E-state index is -0.845. The Morgan fingerprint density at radius 1 is 1.39 bits per heavy atom. The van der Waals surface area contributed by atoms with Gasteiger partial charge >= 0.3 is 5.97 Å². The highest BCUT2D eigenvalue weighted by molar-refractivity contribution is 5.67. The third-order valence-corrected chi connectivity index (χ3v) is 2.18. The van der Waals surface area contributed by atoms with Gasteiger partial charge in [-0.2, -0.15) is 0 Å². The van der Waals surface area contributed by atoms with Crippen LogP contribution in [0.15, 0.2) is 30.9 Å². The average Bonchev–Trinajstić information content (AvgIpc) is 2.82. The number of carboxylic acids is 1. The lowest BCUT2D eigenvalue weighted by atomic mass is 10.4. The lowest BCUT2D eigenvalue weighted by Crippen LogP contribution is -2.09. The van der Waals surface area contributed by atoms with Gasteiger partial charge in [-0.3, -0.25) is 4.79 Å². The summed E-state index contributed by atoms with van der Waals surface area (Å²) in [6.45, 7) is 0.329. The number of hydrogen-bond acceptors (Lipinski definition) is 5. The predicted octanol–water partition coefficient (Wildman–Crippen LogP) is 1.43. The topological polar surface area (TPSA) is 103 Å². The van der Waals surface area contributed by atoms with Crippen LogP contribution in [0.2, 0.25) is 0 Å². The second kappa shape index (κ2) is 5.67. The molecule has 2 aromatic rings. The van der Waals surface area contributed by atoms with Crippen molar-refractivity contribution < 1.29 is 9.90 Å². The molecule has 0 aliphatic heterocycles. The molecular weight excluding hydrogens is 234 g/mol. The van der Waals surface area contributed by atoms with Crippen molar-refractivity contribution in [2.75, 3.05) is 17.2 Å². The van der Waals surface area contributed by atoms with Gasteiger partial charge in [0.25, 0.3) is 0 Å². The first-order chi connectivity index (χ1) is 8.74. The molecule has 0 saturated carbocycles. The largest absolute Gasteiger partial charge is 0.481 e. The molecule has 0 saturated heterocycles. The normalized spacial score (nSPS) is 10.0. The molecule has 2 heterocycles. The van der Waals surface area contributed by atoms with Crippen molar-refractivity contribution in [3.63, 3.8) is 0 Å². The summed E-state index contributed by atoms with van der Waals surface area (Å²) in [4.78, 5) is 21.4. The third kappa shape index (κ3) is 3.48. The molecule has 2 aromatic heterocycles. The van der Waals surface area contributed by atoms with Crippen LogP contribution in [0.3, 0.4) is 0 Å². The first kappa shape index (κ1) is 11.9. The van der Waals surface area contributed by atoms with Crippen LogP contribution in [-0.4, -0.2) is 32.6 Å². The maximum absolute atomic E-state index is 10.4. The van der Waals surface area contributed by atoms with E-state index in [9.17, 15) is 4.79 Å². The van der Waals surface area contributed by atoms with Crippen LogP contribution in [0.1, 0.15) is 6.42 Å². The highest BCUT2D eigenvalue weighted by Gasteiger charge is 2.01. The summed E-state index contributed by atoms with van der Waals surface area (Å²) < 4.78 is 0. The molecule has 7 nitrogen and oxygen atoms in total. The molecule has 4 N–H and O–H groups in total. The monoisotopic (exact) mass is 247 g/mol. The number of aromatic nitrogens is 3. The Morgan fingerprint density at radius 2 is 2.22 bits per heavy atom. The molecule has 0 aliphatic carbocycles. The van der Waals surface area contributed by atoms with Crippen molar-refractivity contribution in [1.82, 2.24) is 15.0 Å². The first-order valence-electron chi connectivity index (χ1n) is 5.41. The number of carbonyl (C=O) groups is 1. The number of hydrogen-bond donors (Lipinski definition) is 4. The summed E-state index contributed by atoms with van der Waals surface area (Å²) in [5.74, 6) is 0.383. The number of anilines is 3. The van der Waals surface area contributed by atoms with E-state index in [0.717, 1.165) is 5.69 Å². The lowest BCUT2D eigenvalue weighted by molar-refractivity contribution is -0.136. The van der Waals surface area contributed by atoms with Gasteiger partial charge in [0.1, 0.15) is 18.0 Å². The van der Waals surface area contributed by atoms with Gasteiger partial charge in [-0.05, 0) is 6.07 Å². The summed E-state index contributed by atoms with van der Waals surface area (Å²) in [6, 6.07) is 3.59. The van der Waals surface area contributed by atoms with Crippen molar-refractivity contribution in [3.8, 4) is 0 Å². The minimum Gasteiger partial charge on any atom is -0.481 e. The Morgan fingerprint density at radius 3 is 2.94 bits per heavy atom. The molecule has 0 radical (unpaired) electrons. The molecule has 0 amide bonds. The Hall–Kier alpha value is -2.57. The van der Waals surface area contributed by atoms with E-state index in [0.29, 0.717) is 18.2 Å². The van der Waals surface area contributed by atoms with Crippen LogP contribution in [0, 0.1) is 0 Å². The highest BCUT2D eigenvalue weighted by Crippen LogP contribution is 2.14. The molecule has 0 aromatic carbocycles. The van der Waals surface area contributed by atoms with Crippen LogP contribution in [-0.2, 0) is 4.79 Å². The number of aliphatic carboxylic acids is 1. The number of carboxylic acid groups (broad SMARTS) is 1. The van der Waals surface area contributed by atoms with Crippen LogP contribution < -0.4 is 10.6 Å². The second-order valence-corrected chi connectivity index (χ2v) is 3.58. The van der Waals surface area contributed by atoms with Crippen molar-refractivity contribution in [2.24, 2.45) is 0 Å². The fraction of sp³-hybridized carbons (Fsp3) is 0.182. The quantitative estimate of drug-likeness (QED) is 0.616. The number of aromatic amines is 1. The van der Waals surface area contributed by atoms with Gasteiger partial charge in [0.05, 0.1) is 12.1 Å². The summed E-state index contributed by atoms with van der Waals surface area (Å²) in [5, 5.41) is 14.5. The molecule has 0 fully saturated rings. The zero-order chi connectivity index (χ0) is 12.8.